The molecule has 1 aromatic rings. The van der Waals surface area contributed by atoms with E-state index in [9.17, 15) is 9.59 Å². The van der Waals surface area contributed by atoms with Crippen LogP contribution in [0.5, 0.6) is 11.5 Å². The Balaban J connectivity index is 2.78. The number of hydrogen-bond donors (Lipinski definition) is 1. The lowest BCUT2D eigenvalue weighted by Crippen LogP contribution is -2.09. The van der Waals surface area contributed by atoms with Crippen LogP contribution >= 0.6 is 0 Å². The van der Waals surface area contributed by atoms with Gasteiger partial charge in [-0.05, 0) is 12.1 Å². The molecule has 0 aliphatic rings. The van der Waals surface area contributed by atoms with Gasteiger partial charge in [0.25, 0.3) is 0 Å². The second-order valence-corrected chi connectivity index (χ2v) is 3.34. The molecule has 0 saturated carbocycles. The van der Waals surface area contributed by atoms with Crippen LogP contribution in [0.2, 0.25) is 0 Å². The minimum absolute atomic E-state index is 0.0145. The number of rotatable bonds is 6. The van der Waals surface area contributed by atoms with E-state index in [1.54, 1.807) is 0 Å². The topological polar surface area (TPSA) is 82.1 Å². The second kappa shape index (κ2) is 6.48. The number of carbonyl (C=O) groups is 2. The maximum Gasteiger partial charge on any atom is 0.339 e. The van der Waals surface area contributed by atoms with E-state index in [0.29, 0.717) is 5.75 Å². The van der Waals surface area contributed by atoms with Crippen LogP contribution in [0.4, 0.5) is 0 Å². The number of hydrogen-bond acceptors (Lipinski definition) is 5. The predicted octanol–water partition coefficient (Wildman–Crippen LogP) is 1.34. The number of methoxy groups -OCH3 is 2. The fourth-order valence-electron chi connectivity index (χ4n) is 1.27. The Labute approximate surface area is 104 Å². The Morgan fingerprint density at radius 2 is 2.00 bits per heavy atom. The summed E-state index contributed by atoms with van der Waals surface area (Å²) in [5.41, 5.74) is 0.0145. The average Bonchev–Trinajstić information content (AvgIpc) is 2.37. The van der Waals surface area contributed by atoms with Gasteiger partial charge in [0.1, 0.15) is 17.1 Å². The van der Waals surface area contributed by atoms with Crippen LogP contribution in [-0.2, 0) is 9.53 Å². The summed E-state index contributed by atoms with van der Waals surface area (Å²) in [7, 11) is 2.74. The van der Waals surface area contributed by atoms with Crippen molar-refractivity contribution < 1.29 is 28.9 Å². The maximum atomic E-state index is 11.0. The van der Waals surface area contributed by atoms with Gasteiger partial charge >= 0.3 is 11.9 Å². The van der Waals surface area contributed by atoms with E-state index in [2.05, 4.69) is 4.74 Å². The number of carboxylic acid groups (broad SMARTS) is 1. The van der Waals surface area contributed by atoms with Crippen molar-refractivity contribution in [3.8, 4) is 11.5 Å². The number of aromatic carboxylic acids is 1. The molecule has 0 bridgehead atoms. The third kappa shape index (κ3) is 3.65. The van der Waals surface area contributed by atoms with E-state index >= 15 is 0 Å². The van der Waals surface area contributed by atoms with Gasteiger partial charge in [-0.25, -0.2) is 4.79 Å². The second-order valence-electron chi connectivity index (χ2n) is 3.34. The molecule has 1 rings (SSSR count). The highest BCUT2D eigenvalue weighted by Crippen LogP contribution is 2.25. The highest BCUT2D eigenvalue weighted by atomic mass is 16.5. The number of ether oxygens (including phenoxy) is 3. The molecular formula is C12H14O6. The third-order valence-electron chi connectivity index (χ3n) is 2.21. The normalized spacial score (nSPS) is 9.67. The predicted molar refractivity (Wildman–Crippen MR) is 62.1 cm³/mol. The third-order valence-corrected chi connectivity index (χ3v) is 2.21. The van der Waals surface area contributed by atoms with Gasteiger partial charge in [0.05, 0.1) is 27.2 Å². The van der Waals surface area contributed by atoms with Gasteiger partial charge in [0.15, 0.2) is 0 Å². The SMILES string of the molecule is COC(=O)CCOc1cc(OC)ccc1C(=O)O. The molecule has 0 amide bonds. The highest BCUT2D eigenvalue weighted by Gasteiger charge is 2.13. The van der Waals surface area contributed by atoms with Crippen molar-refractivity contribution in [1.29, 1.82) is 0 Å². The first-order chi connectivity index (χ1) is 8.58. The van der Waals surface area contributed by atoms with E-state index in [1.807, 2.05) is 0 Å². The lowest BCUT2D eigenvalue weighted by atomic mass is 10.2. The molecule has 0 aromatic heterocycles. The standard InChI is InChI=1S/C12H14O6/c1-16-8-3-4-9(12(14)15)10(7-8)18-6-5-11(13)17-2/h3-4,7H,5-6H2,1-2H3,(H,14,15). The molecule has 0 fully saturated rings. The van der Waals surface area contributed by atoms with E-state index in [4.69, 9.17) is 14.6 Å². The van der Waals surface area contributed by atoms with Gasteiger partial charge < -0.3 is 19.3 Å². The van der Waals surface area contributed by atoms with Crippen LogP contribution in [0.25, 0.3) is 0 Å². The fourth-order valence-corrected chi connectivity index (χ4v) is 1.27. The molecule has 6 nitrogen and oxygen atoms in total. The molecule has 0 heterocycles. The van der Waals surface area contributed by atoms with Gasteiger partial charge in [-0.3, -0.25) is 4.79 Å². The van der Waals surface area contributed by atoms with Gasteiger partial charge in [0.2, 0.25) is 0 Å². The molecule has 1 N–H and O–H groups in total. The summed E-state index contributed by atoms with van der Waals surface area (Å²) in [5, 5.41) is 8.97. The molecule has 0 radical (unpaired) electrons. The molecule has 1 aromatic carbocycles. The van der Waals surface area contributed by atoms with Crippen molar-refractivity contribution >= 4 is 11.9 Å². The number of carboxylic acids is 1. The molecule has 0 spiro atoms. The Morgan fingerprint density at radius 1 is 1.28 bits per heavy atom. The Morgan fingerprint density at radius 3 is 2.56 bits per heavy atom. The van der Waals surface area contributed by atoms with Crippen molar-refractivity contribution in [3.63, 3.8) is 0 Å². The van der Waals surface area contributed by atoms with Crippen molar-refractivity contribution in [2.45, 2.75) is 6.42 Å². The monoisotopic (exact) mass is 254 g/mol. The molecule has 0 atom stereocenters. The van der Waals surface area contributed by atoms with E-state index in [-0.39, 0.29) is 24.3 Å². The minimum atomic E-state index is -1.11. The molecule has 0 saturated heterocycles. The van der Waals surface area contributed by atoms with E-state index in [0.717, 1.165) is 0 Å². The van der Waals surface area contributed by atoms with Gasteiger partial charge in [-0.15, -0.1) is 0 Å². The van der Waals surface area contributed by atoms with E-state index < -0.39 is 11.9 Å². The zero-order chi connectivity index (χ0) is 13.5. The Bertz CT molecular complexity index is 440. The summed E-state index contributed by atoms with van der Waals surface area (Å²) in [6, 6.07) is 4.37. The summed E-state index contributed by atoms with van der Waals surface area (Å²) >= 11 is 0. The van der Waals surface area contributed by atoms with Crippen molar-refractivity contribution in [3.05, 3.63) is 23.8 Å². The van der Waals surface area contributed by atoms with Crippen molar-refractivity contribution in [2.24, 2.45) is 0 Å². The number of esters is 1. The quantitative estimate of drug-likeness (QED) is 0.771. The summed E-state index contributed by atoms with van der Waals surface area (Å²) in [4.78, 5) is 21.9. The zero-order valence-electron chi connectivity index (χ0n) is 10.1. The van der Waals surface area contributed by atoms with Crippen LogP contribution in [0.15, 0.2) is 18.2 Å². The molecular weight excluding hydrogens is 240 g/mol. The zero-order valence-corrected chi connectivity index (χ0v) is 10.1. The first kappa shape index (κ1) is 13.8. The minimum Gasteiger partial charge on any atom is -0.497 e. The Hall–Kier alpha value is -2.24. The first-order valence-corrected chi connectivity index (χ1v) is 5.19. The average molecular weight is 254 g/mol. The van der Waals surface area contributed by atoms with Crippen LogP contribution in [0, 0.1) is 0 Å². The maximum absolute atomic E-state index is 11.0. The molecule has 98 valence electrons. The number of benzene rings is 1. The molecule has 0 aliphatic heterocycles. The van der Waals surface area contributed by atoms with Crippen molar-refractivity contribution in [1.82, 2.24) is 0 Å². The lowest BCUT2D eigenvalue weighted by molar-refractivity contribution is -0.141. The first-order valence-electron chi connectivity index (χ1n) is 5.19. The summed E-state index contributed by atoms with van der Waals surface area (Å²) in [6.45, 7) is 0.0418. The van der Waals surface area contributed by atoms with Gasteiger partial charge in [-0.1, -0.05) is 0 Å². The van der Waals surface area contributed by atoms with Crippen LogP contribution in [0.1, 0.15) is 16.8 Å². The number of carbonyl (C=O) groups excluding carboxylic acids is 1. The lowest BCUT2D eigenvalue weighted by Gasteiger charge is -2.10. The van der Waals surface area contributed by atoms with Crippen LogP contribution < -0.4 is 9.47 Å². The molecule has 18 heavy (non-hydrogen) atoms. The smallest absolute Gasteiger partial charge is 0.339 e. The fraction of sp³-hybridized carbons (Fsp3) is 0.333. The summed E-state index contributed by atoms with van der Waals surface area (Å²) < 4.78 is 14.7. The molecule has 0 unspecified atom stereocenters. The molecule has 0 aliphatic carbocycles. The highest BCUT2D eigenvalue weighted by molar-refractivity contribution is 5.91. The van der Waals surface area contributed by atoms with Crippen LogP contribution in [0.3, 0.4) is 0 Å². The van der Waals surface area contributed by atoms with Crippen LogP contribution in [-0.4, -0.2) is 37.9 Å². The Kier molecular flexibility index (Phi) is 4.98. The van der Waals surface area contributed by atoms with Gasteiger partial charge in [0, 0.05) is 6.07 Å². The van der Waals surface area contributed by atoms with Crippen molar-refractivity contribution in [2.75, 3.05) is 20.8 Å². The largest absolute Gasteiger partial charge is 0.497 e. The summed E-state index contributed by atoms with van der Waals surface area (Å²) in [6.07, 6.45) is 0.0484. The summed E-state index contributed by atoms with van der Waals surface area (Å²) in [5.74, 6) is -0.890. The van der Waals surface area contributed by atoms with E-state index in [1.165, 1.54) is 32.4 Å². The van der Waals surface area contributed by atoms with Gasteiger partial charge in [-0.2, -0.15) is 0 Å². The molecule has 6 heteroatoms.